The largest absolute Gasteiger partial charge is 0.437 e. The predicted molar refractivity (Wildman–Crippen MR) is 69.8 cm³/mol. The third kappa shape index (κ3) is 2.81. The summed E-state index contributed by atoms with van der Waals surface area (Å²) < 4.78 is 5.50. The van der Waals surface area contributed by atoms with E-state index in [4.69, 9.17) is 4.42 Å². The lowest BCUT2D eigenvalue weighted by molar-refractivity contribution is 0.430. The Kier molecular flexibility index (Phi) is 3.56. The highest BCUT2D eigenvalue weighted by molar-refractivity contribution is 7.99. The minimum Gasteiger partial charge on any atom is -0.437 e. The van der Waals surface area contributed by atoms with Crippen LogP contribution < -0.4 is 5.56 Å². The first-order valence-corrected chi connectivity index (χ1v) is 6.52. The van der Waals surface area contributed by atoms with E-state index >= 15 is 0 Å². The first-order valence-electron chi connectivity index (χ1n) is 5.64. The predicted octanol–water partition coefficient (Wildman–Crippen LogP) is 2.54. The Hall–Kier alpha value is -1.56. The van der Waals surface area contributed by atoms with E-state index in [2.05, 4.69) is 15.0 Å². The average molecular weight is 265 g/mol. The van der Waals surface area contributed by atoms with E-state index in [1.54, 1.807) is 6.92 Å². The molecule has 0 aliphatic heterocycles. The zero-order valence-electron chi connectivity index (χ0n) is 10.8. The molecular weight excluding hydrogens is 250 g/mol. The maximum atomic E-state index is 11.4. The van der Waals surface area contributed by atoms with Gasteiger partial charge in [0.15, 0.2) is 0 Å². The fourth-order valence-electron chi connectivity index (χ4n) is 1.50. The molecule has 2 rings (SSSR count). The summed E-state index contributed by atoms with van der Waals surface area (Å²) in [5.41, 5.74) is 1.46. The standard InChI is InChI=1S/C12H15N3O2S/c1-6-5-10(16)15-11(13-6)9(4)18-12-14-7(2)8(3)17-12/h5,9H,1-4H3,(H,13,15,16)/t9-/m0/s1. The van der Waals surface area contributed by atoms with Crippen molar-refractivity contribution in [3.8, 4) is 0 Å². The van der Waals surface area contributed by atoms with E-state index in [1.807, 2.05) is 20.8 Å². The quantitative estimate of drug-likeness (QED) is 0.863. The number of oxazole rings is 1. The molecule has 5 nitrogen and oxygen atoms in total. The van der Waals surface area contributed by atoms with Crippen molar-refractivity contribution < 1.29 is 4.42 Å². The van der Waals surface area contributed by atoms with Gasteiger partial charge in [0.1, 0.15) is 11.6 Å². The van der Waals surface area contributed by atoms with Crippen LogP contribution in [-0.2, 0) is 0 Å². The molecule has 1 atom stereocenters. The number of aromatic nitrogens is 3. The summed E-state index contributed by atoms with van der Waals surface area (Å²) in [5, 5.41) is 0.580. The van der Waals surface area contributed by atoms with Crippen LogP contribution in [0.2, 0.25) is 0 Å². The minimum atomic E-state index is -0.135. The van der Waals surface area contributed by atoms with E-state index in [-0.39, 0.29) is 10.8 Å². The molecule has 2 aromatic rings. The Balaban J connectivity index is 2.21. The summed E-state index contributed by atoms with van der Waals surface area (Å²) in [6, 6.07) is 1.47. The molecular formula is C12H15N3O2S. The molecule has 0 fully saturated rings. The van der Waals surface area contributed by atoms with Gasteiger partial charge in [-0.25, -0.2) is 9.97 Å². The van der Waals surface area contributed by atoms with Gasteiger partial charge in [0.2, 0.25) is 0 Å². The average Bonchev–Trinajstić information content (AvgIpc) is 2.56. The van der Waals surface area contributed by atoms with Crippen molar-refractivity contribution in [2.75, 3.05) is 0 Å². The number of nitrogens with one attached hydrogen (secondary N) is 1. The summed E-state index contributed by atoms with van der Waals surface area (Å²) in [7, 11) is 0. The summed E-state index contributed by atoms with van der Waals surface area (Å²) >= 11 is 1.44. The van der Waals surface area contributed by atoms with E-state index in [1.165, 1.54) is 17.8 Å². The van der Waals surface area contributed by atoms with E-state index in [0.717, 1.165) is 11.5 Å². The second-order valence-electron chi connectivity index (χ2n) is 4.15. The Morgan fingerprint density at radius 1 is 1.33 bits per heavy atom. The highest BCUT2D eigenvalue weighted by atomic mass is 32.2. The molecule has 1 N–H and O–H groups in total. The van der Waals surface area contributed by atoms with Crippen LogP contribution in [-0.4, -0.2) is 15.0 Å². The molecule has 0 bridgehead atoms. The molecule has 0 saturated carbocycles. The van der Waals surface area contributed by atoms with Crippen LogP contribution >= 0.6 is 11.8 Å². The molecule has 0 amide bonds. The van der Waals surface area contributed by atoms with Crippen LogP contribution in [0.4, 0.5) is 0 Å². The fourth-order valence-corrected chi connectivity index (χ4v) is 2.38. The molecule has 6 heteroatoms. The van der Waals surface area contributed by atoms with Crippen LogP contribution in [0.15, 0.2) is 20.5 Å². The van der Waals surface area contributed by atoms with E-state index < -0.39 is 0 Å². The van der Waals surface area contributed by atoms with Crippen molar-refractivity contribution >= 4 is 11.8 Å². The van der Waals surface area contributed by atoms with Crippen LogP contribution in [0, 0.1) is 20.8 Å². The topological polar surface area (TPSA) is 71.8 Å². The van der Waals surface area contributed by atoms with Crippen LogP contribution in [0.25, 0.3) is 0 Å². The smallest absolute Gasteiger partial charge is 0.256 e. The summed E-state index contributed by atoms with van der Waals surface area (Å²) in [6.07, 6.45) is 0. The fraction of sp³-hybridized carbons (Fsp3) is 0.417. The highest BCUT2D eigenvalue weighted by Crippen LogP contribution is 2.32. The Morgan fingerprint density at radius 3 is 2.61 bits per heavy atom. The van der Waals surface area contributed by atoms with Crippen molar-refractivity contribution in [3.05, 3.63) is 39.4 Å². The van der Waals surface area contributed by atoms with Crippen molar-refractivity contribution in [2.24, 2.45) is 0 Å². The molecule has 0 aromatic carbocycles. The van der Waals surface area contributed by atoms with Crippen molar-refractivity contribution in [2.45, 2.75) is 38.2 Å². The van der Waals surface area contributed by atoms with Crippen LogP contribution in [0.3, 0.4) is 0 Å². The molecule has 0 aliphatic rings. The Morgan fingerprint density at radius 2 is 2.06 bits per heavy atom. The molecule has 96 valence electrons. The first kappa shape index (κ1) is 12.9. The third-order valence-corrected chi connectivity index (χ3v) is 3.51. The minimum absolute atomic E-state index is 0.0185. The van der Waals surface area contributed by atoms with Gasteiger partial charge in [-0.3, -0.25) is 4.79 Å². The zero-order chi connectivity index (χ0) is 13.3. The zero-order valence-corrected chi connectivity index (χ0v) is 11.6. The summed E-state index contributed by atoms with van der Waals surface area (Å²) in [5.74, 6) is 1.45. The van der Waals surface area contributed by atoms with Gasteiger partial charge < -0.3 is 9.40 Å². The number of nitrogens with zero attached hydrogens (tertiary/aromatic N) is 2. The number of thioether (sulfide) groups is 1. The van der Waals surface area contributed by atoms with Crippen LogP contribution in [0.1, 0.15) is 35.1 Å². The Bertz CT molecular complexity index is 599. The van der Waals surface area contributed by atoms with Gasteiger partial charge in [0, 0.05) is 11.8 Å². The number of H-pyrrole nitrogens is 1. The highest BCUT2D eigenvalue weighted by Gasteiger charge is 2.15. The molecule has 0 radical (unpaired) electrons. The molecule has 2 aromatic heterocycles. The van der Waals surface area contributed by atoms with Gasteiger partial charge in [-0.1, -0.05) is 11.8 Å². The van der Waals surface area contributed by atoms with E-state index in [9.17, 15) is 4.79 Å². The maximum absolute atomic E-state index is 11.4. The Labute approximate surface area is 109 Å². The van der Waals surface area contributed by atoms with Gasteiger partial charge in [-0.05, 0) is 27.7 Å². The number of aromatic amines is 1. The molecule has 0 aliphatic carbocycles. The van der Waals surface area contributed by atoms with Gasteiger partial charge in [0.05, 0.1) is 10.9 Å². The van der Waals surface area contributed by atoms with Gasteiger partial charge in [-0.15, -0.1) is 0 Å². The maximum Gasteiger partial charge on any atom is 0.256 e. The lowest BCUT2D eigenvalue weighted by Crippen LogP contribution is -2.12. The molecule has 18 heavy (non-hydrogen) atoms. The lowest BCUT2D eigenvalue weighted by Gasteiger charge is -2.07. The molecule has 0 spiro atoms. The molecule has 0 saturated heterocycles. The lowest BCUT2D eigenvalue weighted by atomic mass is 10.4. The van der Waals surface area contributed by atoms with Crippen molar-refractivity contribution in [1.82, 2.24) is 15.0 Å². The number of hydrogen-bond acceptors (Lipinski definition) is 5. The first-order chi connectivity index (χ1) is 8.45. The van der Waals surface area contributed by atoms with Gasteiger partial charge in [-0.2, -0.15) is 0 Å². The second kappa shape index (κ2) is 4.97. The SMILES string of the molecule is Cc1cc(=O)[nH]c([C@H](C)Sc2nc(C)c(C)o2)n1. The number of rotatable bonds is 3. The third-order valence-electron chi connectivity index (χ3n) is 2.56. The summed E-state index contributed by atoms with van der Waals surface area (Å²) in [4.78, 5) is 22.7. The number of hydrogen-bond donors (Lipinski definition) is 1. The van der Waals surface area contributed by atoms with Crippen molar-refractivity contribution in [1.29, 1.82) is 0 Å². The molecule has 0 unspecified atom stereocenters. The van der Waals surface area contributed by atoms with Gasteiger partial charge in [0.25, 0.3) is 10.8 Å². The van der Waals surface area contributed by atoms with Gasteiger partial charge >= 0.3 is 0 Å². The van der Waals surface area contributed by atoms with Crippen LogP contribution in [0.5, 0.6) is 0 Å². The monoisotopic (exact) mass is 265 g/mol. The second-order valence-corrected chi connectivity index (χ2v) is 5.45. The summed E-state index contributed by atoms with van der Waals surface area (Å²) in [6.45, 7) is 7.54. The normalized spacial score (nSPS) is 12.7. The van der Waals surface area contributed by atoms with Crippen molar-refractivity contribution in [3.63, 3.8) is 0 Å². The number of aryl methyl sites for hydroxylation is 3. The van der Waals surface area contributed by atoms with E-state index in [0.29, 0.717) is 16.7 Å². The molecule has 2 heterocycles.